The Balaban J connectivity index is 2.73. The summed E-state index contributed by atoms with van der Waals surface area (Å²) in [7, 11) is 0. The van der Waals surface area contributed by atoms with E-state index in [0.717, 1.165) is 13.4 Å². The van der Waals surface area contributed by atoms with Crippen molar-refractivity contribution < 1.29 is 9.90 Å². The zero-order valence-electron chi connectivity index (χ0n) is 10.7. The first-order valence-corrected chi connectivity index (χ1v) is 8.24. The van der Waals surface area contributed by atoms with E-state index in [1.807, 2.05) is 17.0 Å². The van der Waals surface area contributed by atoms with Crippen LogP contribution in [0, 0.1) is 0 Å². The highest BCUT2D eigenvalue weighted by Gasteiger charge is 2.13. The van der Waals surface area contributed by atoms with Crippen LogP contribution in [0.25, 0.3) is 0 Å². The molecule has 0 heterocycles. The summed E-state index contributed by atoms with van der Waals surface area (Å²) in [5.74, 6) is -0.149. The number of halogens is 3. The lowest BCUT2D eigenvalue weighted by molar-refractivity contribution is -0.117. The van der Waals surface area contributed by atoms with Crippen molar-refractivity contribution in [3.63, 3.8) is 0 Å². The molecule has 0 aliphatic carbocycles. The quantitative estimate of drug-likeness (QED) is 0.601. The van der Waals surface area contributed by atoms with Crippen LogP contribution in [0.4, 0.5) is 5.69 Å². The molecule has 20 heavy (non-hydrogen) atoms. The van der Waals surface area contributed by atoms with Gasteiger partial charge in [-0.3, -0.25) is 9.69 Å². The van der Waals surface area contributed by atoms with Gasteiger partial charge in [-0.1, -0.05) is 22.0 Å². The average molecular weight is 471 g/mol. The lowest BCUT2D eigenvalue weighted by Gasteiger charge is -2.19. The molecule has 0 aliphatic heterocycles. The van der Waals surface area contributed by atoms with Gasteiger partial charge in [0, 0.05) is 26.5 Å². The molecule has 0 atom stereocenters. The first-order valence-electron chi connectivity index (χ1n) is 5.86. The smallest absolute Gasteiger partial charge is 0.238 e. The lowest BCUT2D eigenvalue weighted by atomic mass is 10.3. The number of carbonyl (C=O) groups is 1. The SMILES string of the molecule is C=CCN(CCO)CC(=O)Nc1c(Br)cc(Br)cc1Br. The first-order chi connectivity index (χ1) is 9.47. The van der Waals surface area contributed by atoms with Crippen molar-refractivity contribution >= 4 is 59.4 Å². The van der Waals surface area contributed by atoms with E-state index < -0.39 is 0 Å². The van der Waals surface area contributed by atoms with Crippen LogP contribution in [0.15, 0.2) is 38.2 Å². The number of hydrogen-bond acceptors (Lipinski definition) is 3. The van der Waals surface area contributed by atoms with E-state index in [4.69, 9.17) is 5.11 Å². The van der Waals surface area contributed by atoms with Gasteiger partial charge in [0.2, 0.25) is 5.91 Å². The minimum atomic E-state index is -0.149. The fourth-order valence-corrected chi connectivity index (χ4v) is 4.06. The van der Waals surface area contributed by atoms with Gasteiger partial charge in [-0.2, -0.15) is 0 Å². The van der Waals surface area contributed by atoms with Crippen molar-refractivity contribution in [3.05, 3.63) is 38.2 Å². The van der Waals surface area contributed by atoms with Crippen molar-refractivity contribution in [2.24, 2.45) is 0 Å². The fraction of sp³-hybridized carbons (Fsp3) is 0.308. The van der Waals surface area contributed by atoms with Crippen LogP contribution >= 0.6 is 47.8 Å². The molecule has 0 spiro atoms. The van der Waals surface area contributed by atoms with Crippen LogP contribution < -0.4 is 5.32 Å². The van der Waals surface area contributed by atoms with Crippen molar-refractivity contribution in [1.82, 2.24) is 4.90 Å². The maximum atomic E-state index is 12.0. The van der Waals surface area contributed by atoms with Crippen molar-refractivity contribution in [2.75, 3.05) is 31.6 Å². The third-order valence-corrected chi connectivity index (χ3v) is 4.15. The molecule has 7 heteroatoms. The van der Waals surface area contributed by atoms with E-state index >= 15 is 0 Å². The van der Waals surface area contributed by atoms with Gasteiger partial charge in [0.25, 0.3) is 0 Å². The molecule has 1 aromatic carbocycles. The Hall–Kier alpha value is -0.210. The predicted octanol–water partition coefficient (Wildman–Crippen LogP) is 3.39. The third kappa shape index (κ3) is 5.65. The van der Waals surface area contributed by atoms with Gasteiger partial charge in [0.05, 0.1) is 18.8 Å². The highest BCUT2D eigenvalue weighted by molar-refractivity contribution is 9.11. The summed E-state index contributed by atoms with van der Waals surface area (Å²) in [5, 5.41) is 11.8. The molecule has 1 aromatic rings. The summed E-state index contributed by atoms with van der Waals surface area (Å²) in [6.07, 6.45) is 1.70. The zero-order chi connectivity index (χ0) is 15.1. The molecule has 110 valence electrons. The molecule has 0 unspecified atom stereocenters. The number of amides is 1. The molecule has 2 N–H and O–H groups in total. The van der Waals surface area contributed by atoms with E-state index in [1.54, 1.807) is 6.08 Å². The largest absolute Gasteiger partial charge is 0.395 e. The third-order valence-electron chi connectivity index (χ3n) is 2.44. The molecule has 0 fully saturated rings. The molecule has 4 nitrogen and oxygen atoms in total. The molecule has 0 aliphatic rings. The first kappa shape index (κ1) is 17.8. The van der Waals surface area contributed by atoms with Gasteiger partial charge < -0.3 is 10.4 Å². The molecule has 1 rings (SSSR count). The number of anilines is 1. The van der Waals surface area contributed by atoms with Gasteiger partial charge in [-0.25, -0.2) is 0 Å². The topological polar surface area (TPSA) is 52.6 Å². The van der Waals surface area contributed by atoms with E-state index in [-0.39, 0.29) is 19.1 Å². The van der Waals surface area contributed by atoms with Gasteiger partial charge in [-0.05, 0) is 44.0 Å². The van der Waals surface area contributed by atoms with Gasteiger partial charge in [0.15, 0.2) is 0 Å². The van der Waals surface area contributed by atoms with E-state index in [1.165, 1.54) is 0 Å². The van der Waals surface area contributed by atoms with Crippen LogP contribution in [0.5, 0.6) is 0 Å². The Labute approximate surface area is 143 Å². The second-order valence-electron chi connectivity index (χ2n) is 4.04. The van der Waals surface area contributed by atoms with Crippen LogP contribution in [-0.4, -0.2) is 42.2 Å². The summed E-state index contributed by atoms with van der Waals surface area (Å²) < 4.78 is 2.47. The van der Waals surface area contributed by atoms with Gasteiger partial charge >= 0.3 is 0 Å². The number of carbonyl (C=O) groups excluding carboxylic acids is 1. The predicted molar refractivity (Wildman–Crippen MR) is 91.9 cm³/mol. The summed E-state index contributed by atoms with van der Waals surface area (Å²) in [6, 6.07) is 3.71. The lowest BCUT2D eigenvalue weighted by Crippen LogP contribution is -2.35. The Morgan fingerprint density at radius 3 is 2.45 bits per heavy atom. The van der Waals surface area contributed by atoms with Crippen molar-refractivity contribution in [3.8, 4) is 0 Å². The van der Waals surface area contributed by atoms with E-state index in [9.17, 15) is 4.79 Å². The highest BCUT2D eigenvalue weighted by atomic mass is 79.9. The number of hydrogen-bond donors (Lipinski definition) is 2. The van der Waals surface area contributed by atoms with E-state index in [2.05, 4.69) is 59.7 Å². The van der Waals surface area contributed by atoms with Crippen LogP contribution in [0.2, 0.25) is 0 Å². The minimum Gasteiger partial charge on any atom is -0.395 e. The monoisotopic (exact) mass is 468 g/mol. The maximum absolute atomic E-state index is 12.0. The standard InChI is InChI=1S/C13H15Br3N2O2/c1-2-3-18(4-5-19)8-12(20)17-13-10(15)6-9(14)7-11(13)16/h2,6-7,19H,1,3-5,8H2,(H,17,20). The molecule has 1 amide bonds. The summed E-state index contributed by atoms with van der Waals surface area (Å²) in [5.41, 5.74) is 0.681. The Bertz CT molecular complexity index is 471. The second-order valence-corrected chi connectivity index (χ2v) is 6.66. The molecule has 0 saturated heterocycles. The van der Waals surface area contributed by atoms with Crippen LogP contribution in [-0.2, 0) is 4.79 Å². The van der Waals surface area contributed by atoms with Crippen molar-refractivity contribution in [1.29, 1.82) is 0 Å². The summed E-state index contributed by atoms with van der Waals surface area (Å²) >= 11 is 10.2. The van der Waals surface area contributed by atoms with Crippen molar-refractivity contribution in [2.45, 2.75) is 0 Å². The minimum absolute atomic E-state index is 0.00674. The van der Waals surface area contributed by atoms with Crippen LogP contribution in [0.3, 0.4) is 0 Å². The number of aliphatic hydroxyl groups is 1. The number of nitrogens with zero attached hydrogens (tertiary/aromatic N) is 1. The number of rotatable bonds is 7. The molecular weight excluding hydrogens is 456 g/mol. The molecule has 0 saturated carbocycles. The Morgan fingerprint density at radius 2 is 1.95 bits per heavy atom. The molecule has 0 radical (unpaired) electrons. The number of nitrogens with one attached hydrogen (secondary N) is 1. The number of benzene rings is 1. The summed E-state index contributed by atoms with van der Waals surface area (Å²) in [4.78, 5) is 13.8. The fourth-order valence-electron chi connectivity index (χ4n) is 1.60. The normalized spacial score (nSPS) is 10.7. The summed E-state index contributed by atoms with van der Waals surface area (Å²) in [6.45, 7) is 4.82. The van der Waals surface area contributed by atoms with Gasteiger partial charge in [-0.15, -0.1) is 6.58 Å². The second kappa shape index (κ2) is 8.94. The molecule has 0 aromatic heterocycles. The van der Waals surface area contributed by atoms with Gasteiger partial charge in [0.1, 0.15) is 0 Å². The number of aliphatic hydroxyl groups excluding tert-OH is 1. The average Bonchev–Trinajstić information content (AvgIpc) is 2.34. The molecule has 0 bridgehead atoms. The van der Waals surface area contributed by atoms with E-state index in [0.29, 0.717) is 18.8 Å². The highest BCUT2D eigenvalue weighted by Crippen LogP contribution is 2.34. The Kier molecular flexibility index (Phi) is 7.98. The van der Waals surface area contributed by atoms with Crippen LogP contribution in [0.1, 0.15) is 0 Å². The zero-order valence-corrected chi connectivity index (χ0v) is 15.5. The Morgan fingerprint density at radius 1 is 1.35 bits per heavy atom. The maximum Gasteiger partial charge on any atom is 0.238 e. The molecular formula is C13H15Br3N2O2.